The first-order valence-electron chi connectivity index (χ1n) is 3.59. The molecule has 0 saturated carbocycles. The Labute approximate surface area is 66.5 Å². The van der Waals surface area contributed by atoms with Gasteiger partial charge in [-0.25, -0.2) is 0 Å². The smallest absolute Gasteiger partial charge is 0.00313 e. The molecule has 0 aliphatic rings. The number of hydrogen-bond acceptors (Lipinski definition) is 0. The van der Waals surface area contributed by atoms with Gasteiger partial charge in [0, 0.05) is 5.33 Å². The van der Waals surface area contributed by atoms with E-state index in [1.54, 1.807) is 0 Å². The van der Waals surface area contributed by atoms with Gasteiger partial charge in [0.1, 0.15) is 0 Å². The van der Waals surface area contributed by atoms with Crippen LogP contribution in [-0.2, 0) is 0 Å². The second-order valence-corrected chi connectivity index (χ2v) is 2.90. The summed E-state index contributed by atoms with van der Waals surface area (Å²) in [6.07, 6.45) is 9.62. The average molecular weight is 191 g/mol. The SMILES string of the molecule is CC=CCCCCCBr. The molecule has 0 heterocycles. The van der Waals surface area contributed by atoms with Gasteiger partial charge in [0.05, 0.1) is 0 Å². The van der Waals surface area contributed by atoms with Gasteiger partial charge in [-0.3, -0.25) is 0 Å². The van der Waals surface area contributed by atoms with E-state index in [4.69, 9.17) is 0 Å². The highest BCUT2D eigenvalue weighted by atomic mass is 79.9. The summed E-state index contributed by atoms with van der Waals surface area (Å²) < 4.78 is 0. The van der Waals surface area contributed by atoms with Crippen molar-refractivity contribution in [3.8, 4) is 0 Å². The first-order valence-corrected chi connectivity index (χ1v) is 4.71. The standard InChI is InChI=1S/C8H15Br/c1-2-3-4-5-6-7-8-9/h2-3H,4-8H2,1H3. The Balaban J connectivity index is 2.75. The lowest BCUT2D eigenvalue weighted by Gasteiger charge is -1.91. The summed E-state index contributed by atoms with van der Waals surface area (Å²) in [5.74, 6) is 0. The van der Waals surface area contributed by atoms with Crippen LogP contribution in [0, 0.1) is 0 Å². The van der Waals surface area contributed by atoms with Crippen LogP contribution in [0.25, 0.3) is 0 Å². The second kappa shape index (κ2) is 8.22. The van der Waals surface area contributed by atoms with Crippen molar-refractivity contribution in [3.63, 3.8) is 0 Å². The highest BCUT2D eigenvalue weighted by molar-refractivity contribution is 9.09. The molecule has 0 amide bonds. The Morgan fingerprint density at radius 2 is 2.00 bits per heavy atom. The van der Waals surface area contributed by atoms with E-state index in [1.807, 2.05) is 0 Å². The molecule has 0 N–H and O–H groups in total. The molecule has 0 aromatic rings. The molecule has 0 aliphatic carbocycles. The number of allylic oxidation sites excluding steroid dienone is 2. The summed E-state index contributed by atoms with van der Waals surface area (Å²) >= 11 is 3.40. The van der Waals surface area contributed by atoms with Crippen molar-refractivity contribution in [2.45, 2.75) is 32.6 Å². The molecule has 0 spiro atoms. The molecule has 9 heavy (non-hydrogen) atoms. The van der Waals surface area contributed by atoms with Crippen molar-refractivity contribution >= 4 is 15.9 Å². The lowest BCUT2D eigenvalue weighted by atomic mass is 10.2. The van der Waals surface area contributed by atoms with Crippen LogP contribution < -0.4 is 0 Å². The van der Waals surface area contributed by atoms with Crippen LogP contribution >= 0.6 is 15.9 Å². The lowest BCUT2D eigenvalue weighted by molar-refractivity contribution is 0.736. The Kier molecular flexibility index (Phi) is 8.42. The first-order chi connectivity index (χ1) is 4.41. The molecule has 54 valence electrons. The van der Waals surface area contributed by atoms with Crippen molar-refractivity contribution in [1.82, 2.24) is 0 Å². The number of hydrogen-bond donors (Lipinski definition) is 0. The van der Waals surface area contributed by atoms with Crippen molar-refractivity contribution in [2.75, 3.05) is 5.33 Å². The van der Waals surface area contributed by atoms with Crippen LogP contribution in [0.15, 0.2) is 12.2 Å². The molecule has 0 aromatic heterocycles. The van der Waals surface area contributed by atoms with Crippen molar-refractivity contribution in [1.29, 1.82) is 0 Å². The van der Waals surface area contributed by atoms with Gasteiger partial charge in [-0.05, 0) is 26.2 Å². The summed E-state index contributed by atoms with van der Waals surface area (Å²) in [7, 11) is 0. The maximum atomic E-state index is 3.40. The number of unbranched alkanes of at least 4 members (excludes halogenated alkanes) is 3. The van der Waals surface area contributed by atoms with Crippen LogP contribution in [-0.4, -0.2) is 5.33 Å². The highest BCUT2D eigenvalue weighted by Gasteiger charge is 1.83. The monoisotopic (exact) mass is 190 g/mol. The van der Waals surface area contributed by atoms with Gasteiger partial charge in [0.25, 0.3) is 0 Å². The topological polar surface area (TPSA) is 0 Å². The van der Waals surface area contributed by atoms with Gasteiger partial charge in [-0.2, -0.15) is 0 Å². The van der Waals surface area contributed by atoms with Crippen LogP contribution in [0.3, 0.4) is 0 Å². The minimum atomic E-state index is 1.16. The van der Waals surface area contributed by atoms with E-state index >= 15 is 0 Å². The maximum Gasteiger partial charge on any atom is 0.00313 e. The van der Waals surface area contributed by atoms with E-state index in [2.05, 4.69) is 35.0 Å². The van der Waals surface area contributed by atoms with E-state index in [0.29, 0.717) is 0 Å². The minimum absolute atomic E-state index is 1.16. The zero-order valence-corrected chi connectivity index (χ0v) is 7.65. The fraction of sp³-hybridized carbons (Fsp3) is 0.750. The van der Waals surface area contributed by atoms with Gasteiger partial charge in [0.15, 0.2) is 0 Å². The van der Waals surface area contributed by atoms with Gasteiger partial charge >= 0.3 is 0 Å². The maximum absolute atomic E-state index is 3.40. The predicted octanol–water partition coefficient (Wildman–Crippen LogP) is 3.52. The van der Waals surface area contributed by atoms with E-state index in [1.165, 1.54) is 25.7 Å². The fourth-order valence-electron chi connectivity index (χ4n) is 0.700. The third-order valence-electron chi connectivity index (χ3n) is 1.24. The molecule has 0 nitrogen and oxygen atoms in total. The first kappa shape index (κ1) is 9.22. The molecule has 1 heteroatoms. The Morgan fingerprint density at radius 1 is 1.22 bits per heavy atom. The third-order valence-corrected chi connectivity index (χ3v) is 1.80. The Bertz CT molecular complexity index is 67.0. The van der Waals surface area contributed by atoms with Crippen LogP contribution in [0.4, 0.5) is 0 Å². The molecule has 0 saturated heterocycles. The Morgan fingerprint density at radius 3 is 2.56 bits per heavy atom. The molecule has 0 fully saturated rings. The normalized spacial score (nSPS) is 10.9. The minimum Gasteiger partial charge on any atom is -0.0928 e. The van der Waals surface area contributed by atoms with Gasteiger partial charge < -0.3 is 0 Å². The zero-order chi connectivity index (χ0) is 6.95. The predicted molar refractivity (Wildman–Crippen MR) is 47.1 cm³/mol. The zero-order valence-electron chi connectivity index (χ0n) is 6.07. The number of rotatable bonds is 5. The van der Waals surface area contributed by atoms with Crippen molar-refractivity contribution < 1.29 is 0 Å². The van der Waals surface area contributed by atoms with Crippen LogP contribution in [0.1, 0.15) is 32.6 Å². The summed E-state index contributed by atoms with van der Waals surface area (Å²) in [6, 6.07) is 0. The van der Waals surface area contributed by atoms with Crippen LogP contribution in [0.5, 0.6) is 0 Å². The average Bonchev–Trinajstić information content (AvgIpc) is 1.89. The molecule has 0 bridgehead atoms. The number of halogens is 1. The van der Waals surface area contributed by atoms with Gasteiger partial charge in [0.2, 0.25) is 0 Å². The van der Waals surface area contributed by atoms with Crippen molar-refractivity contribution in [2.24, 2.45) is 0 Å². The molecule has 0 rings (SSSR count). The molecular weight excluding hydrogens is 176 g/mol. The van der Waals surface area contributed by atoms with Crippen LogP contribution in [0.2, 0.25) is 0 Å². The lowest BCUT2D eigenvalue weighted by Crippen LogP contribution is -1.75. The summed E-state index contributed by atoms with van der Waals surface area (Å²) in [5.41, 5.74) is 0. The van der Waals surface area contributed by atoms with Crippen molar-refractivity contribution in [3.05, 3.63) is 12.2 Å². The van der Waals surface area contributed by atoms with Gasteiger partial charge in [-0.1, -0.05) is 34.5 Å². The molecule has 0 radical (unpaired) electrons. The second-order valence-electron chi connectivity index (χ2n) is 2.11. The van der Waals surface area contributed by atoms with E-state index < -0.39 is 0 Å². The molecule has 0 atom stereocenters. The quantitative estimate of drug-likeness (QED) is 0.354. The van der Waals surface area contributed by atoms with Gasteiger partial charge in [-0.15, -0.1) is 0 Å². The van der Waals surface area contributed by atoms with E-state index in [-0.39, 0.29) is 0 Å². The summed E-state index contributed by atoms with van der Waals surface area (Å²) in [4.78, 5) is 0. The van der Waals surface area contributed by atoms with E-state index in [0.717, 1.165) is 5.33 Å². The summed E-state index contributed by atoms with van der Waals surface area (Å²) in [5, 5.41) is 1.16. The molecule has 0 aliphatic heterocycles. The Hall–Kier alpha value is 0.220. The number of alkyl halides is 1. The largest absolute Gasteiger partial charge is 0.0928 e. The molecular formula is C8H15Br. The fourth-order valence-corrected chi connectivity index (χ4v) is 1.10. The summed E-state index contributed by atoms with van der Waals surface area (Å²) in [6.45, 7) is 2.07. The highest BCUT2D eigenvalue weighted by Crippen LogP contribution is 2.01. The van der Waals surface area contributed by atoms with E-state index in [9.17, 15) is 0 Å². The molecule has 0 unspecified atom stereocenters. The third kappa shape index (κ3) is 8.22. The molecule has 0 aromatic carbocycles.